The smallest absolute Gasteiger partial charge is 0.263 e. The molecule has 112 valence electrons. The Hall–Kier alpha value is -1.17. The number of amides is 1. The van der Waals surface area contributed by atoms with Crippen molar-refractivity contribution in [1.82, 2.24) is 10.3 Å². The Bertz CT molecular complexity index is 703. The third-order valence-corrected chi connectivity index (χ3v) is 4.65. The van der Waals surface area contributed by atoms with Gasteiger partial charge in [-0.25, -0.2) is 9.37 Å². The molecule has 7 heteroatoms. The van der Waals surface area contributed by atoms with E-state index in [-0.39, 0.29) is 10.9 Å². The minimum atomic E-state index is -0.568. The number of aryl methyl sites for hydroxylation is 2. The van der Waals surface area contributed by atoms with Crippen molar-refractivity contribution in [3.05, 3.63) is 49.1 Å². The van der Waals surface area contributed by atoms with Crippen molar-refractivity contribution < 1.29 is 9.18 Å². The Balaban J connectivity index is 2.22. The quantitative estimate of drug-likeness (QED) is 0.818. The summed E-state index contributed by atoms with van der Waals surface area (Å²) in [4.78, 5) is 17.0. The Labute approximate surface area is 136 Å². The molecule has 0 aliphatic heterocycles. The minimum absolute atomic E-state index is 0.0452. The molecule has 0 spiro atoms. The van der Waals surface area contributed by atoms with E-state index in [1.807, 2.05) is 6.92 Å². The molecule has 0 radical (unpaired) electrons. The third-order valence-electron chi connectivity index (χ3n) is 2.96. The van der Waals surface area contributed by atoms with E-state index in [4.69, 9.17) is 23.2 Å². The van der Waals surface area contributed by atoms with Gasteiger partial charge >= 0.3 is 0 Å². The number of nitrogens with one attached hydrogen (secondary N) is 1. The van der Waals surface area contributed by atoms with Crippen LogP contribution in [0.5, 0.6) is 0 Å². The van der Waals surface area contributed by atoms with E-state index < -0.39 is 11.9 Å². The predicted octanol–water partition coefficient (Wildman–Crippen LogP) is 4.70. The second-order valence-electron chi connectivity index (χ2n) is 4.63. The molecule has 1 aromatic carbocycles. The highest BCUT2D eigenvalue weighted by Gasteiger charge is 2.19. The van der Waals surface area contributed by atoms with Crippen molar-refractivity contribution in [2.24, 2.45) is 0 Å². The number of carbonyl (C=O) groups is 1. The summed E-state index contributed by atoms with van der Waals surface area (Å²) in [6.07, 6.45) is 0. The van der Waals surface area contributed by atoms with Crippen LogP contribution in [0, 0.1) is 19.7 Å². The molecule has 1 amide bonds. The maximum absolute atomic E-state index is 13.5. The average molecular weight is 347 g/mol. The van der Waals surface area contributed by atoms with E-state index in [1.54, 1.807) is 13.8 Å². The first-order chi connectivity index (χ1) is 9.79. The second kappa shape index (κ2) is 6.30. The van der Waals surface area contributed by atoms with Gasteiger partial charge in [0.1, 0.15) is 10.7 Å². The van der Waals surface area contributed by atoms with Gasteiger partial charge < -0.3 is 5.32 Å². The van der Waals surface area contributed by atoms with Crippen LogP contribution >= 0.6 is 34.5 Å². The first-order valence-corrected chi connectivity index (χ1v) is 7.76. The van der Waals surface area contributed by atoms with Gasteiger partial charge in [0.25, 0.3) is 5.91 Å². The van der Waals surface area contributed by atoms with Crippen molar-refractivity contribution in [3.63, 3.8) is 0 Å². The largest absolute Gasteiger partial charge is 0.345 e. The summed E-state index contributed by atoms with van der Waals surface area (Å²) in [5.41, 5.74) is 1.15. The molecule has 1 N–H and O–H groups in total. The molecule has 1 aromatic heterocycles. The van der Waals surface area contributed by atoms with Crippen molar-refractivity contribution in [2.45, 2.75) is 26.8 Å². The van der Waals surface area contributed by atoms with Gasteiger partial charge in [0.2, 0.25) is 0 Å². The van der Waals surface area contributed by atoms with E-state index in [2.05, 4.69) is 10.3 Å². The van der Waals surface area contributed by atoms with Crippen LogP contribution < -0.4 is 5.32 Å². The van der Waals surface area contributed by atoms with E-state index in [0.29, 0.717) is 21.2 Å². The van der Waals surface area contributed by atoms with Crippen LogP contribution in [0.4, 0.5) is 4.39 Å². The normalized spacial score (nSPS) is 12.3. The maximum atomic E-state index is 13.5. The zero-order valence-corrected chi connectivity index (χ0v) is 14.0. The zero-order valence-electron chi connectivity index (χ0n) is 11.6. The van der Waals surface area contributed by atoms with Crippen molar-refractivity contribution in [3.8, 4) is 0 Å². The fraction of sp³-hybridized carbons (Fsp3) is 0.286. The Morgan fingerprint density at radius 2 is 2.00 bits per heavy atom. The standard InChI is InChI=1S/C14H13Cl2FN2OS/c1-6(9-4-12(17)11(16)5-10(9)15)19-14(20)13-7(2)18-8(3)21-13/h4-6H,1-3H3,(H,19,20). The molecule has 0 fully saturated rings. The number of halogens is 3. The summed E-state index contributed by atoms with van der Waals surface area (Å²) in [5.74, 6) is -0.820. The highest BCUT2D eigenvalue weighted by Crippen LogP contribution is 2.29. The first kappa shape index (κ1) is 16.2. The highest BCUT2D eigenvalue weighted by molar-refractivity contribution is 7.13. The van der Waals surface area contributed by atoms with Crippen molar-refractivity contribution in [2.75, 3.05) is 0 Å². The lowest BCUT2D eigenvalue weighted by molar-refractivity contribution is 0.0943. The number of hydrogen-bond acceptors (Lipinski definition) is 3. The topological polar surface area (TPSA) is 42.0 Å². The van der Waals surface area contributed by atoms with Crippen LogP contribution in [0.3, 0.4) is 0 Å². The molecule has 0 saturated carbocycles. The summed E-state index contributed by atoms with van der Waals surface area (Å²) in [6.45, 7) is 5.34. The predicted molar refractivity (Wildman–Crippen MR) is 83.9 cm³/mol. The molecule has 2 rings (SSSR count). The van der Waals surface area contributed by atoms with Crippen LogP contribution in [-0.2, 0) is 0 Å². The van der Waals surface area contributed by atoms with E-state index in [0.717, 1.165) is 5.01 Å². The molecule has 1 unspecified atom stereocenters. The van der Waals surface area contributed by atoms with Gasteiger partial charge in [0, 0.05) is 5.02 Å². The molecular formula is C14H13Cl2FN2OS. The molecule has 1 heterocycles. The average Bonchev–Trinajstić information content (AvgIpc) is 2.72. The first-order valence-electron chi connectivity index (χ1n) is 6.19. The number of aromatic nitrogens is 1. The van der Waals surface area contributed by atoms with Crippen molar-refractivity contribution >= 4 is 40.4 Å². The van der Waals surface area contributed by atoms with Crippen LogP contribution in [0.1, 0.15) is 38.9 Å². The van der Waals surface area contributed by atoms with Gasteiger partial charge in [-0.2, -0.15) is 0 Å². The molecule has 2 aromatic rings. The molecular weight excluding hydrogens is 334 g/mol. The zero-order chi connectivity index (χ0) is 15.7. The fourth-order valence-electron chi connectivity index (χ4n) is 1.95. The maximum Gasteiger partial charge on any atom is 0.263 e. The van der Waals surface area contributed by atoms with Gasteiger partial charge in [0.05, 0.1) is 21.8 Å². The molecule has 0 aliphatic rings. The number of rotatable bonds is 3. The monoisotopic (exact) mass is 346 g/mol. The van der Waals surface area contributed by atoms with Crippen LogP contribution in [-0.4, -0.2) is 10.9 Å². The summed E-state index contributed by atoms with van der Waals surface area (Å²) in [7, 11) is 0. The number of nitrogens with zero attached hydrogens (tertiary/aromatic N) is 1. The Kier molecular flexibility index (Phi) is 4.86. The second-order valence-corrected chi connectivity index (χ2v) is 6.65. The van der Waals surface area contributed by atoms with Gasteiger partial charge in [-0.15, -0.1) is 11.3 Å². The fourth-order valence-corrected chi connectivity index (χ4v) is 3.32. The molecule has 0 saturated heterocycles. The Morgan fingerprint density at radius 3 is 2.57 bits per heavy atom. The molecule has 1 atom stereocenters. The molecule has 21 heavy (non-hydrogen) atoms. The number of carbonyl (C=O) groups excluding carboxylic acids is 1. The molecule has 0 aliphatic carbocycles. The lowest BCUT2D eigenvalue weighted by Crippen LogP contribution is -2.26. The van der Waals surface area contributed by atoms with Crippen LogP contribution in [0.15, 0.2) is 12.1 Å². The molecule has 0 bridgehead atoms. The van der Waals surface area contributed by atoms with Gasteiger partial charge in [-0.1, -0.05) is 23.2 Å². The van der Waals surface area contributed by atoms with Gasteiger partial charge in [0.15, 0.2) is 0 Å². The third kappa shape index (κ3) is 3.54. The summed E-state index contributed by atoms with van der Waals surface area (Å²) in [5, 5.41) is 3.88. The minimum Gasteiger partial charge on any atom is -0.345 e. The van der Waals surface area contributed by atoms with E-state index in [9.17, 15) is 9.18 Å². The van der Waals surface area contributed by atoms with Crippen molar-refractivity contribution in [1.29, 1.82) is 0 Å². The van der Waals surface area contributed by atoms with E-state index in [1.165, 1.54) is 23.5 Å². The summed E-state index contributed by atoms with van der Waals surface area (Å²) >= 11 is 13.0. The lowest BCUT2D eigenvalue weighted by Gasteiger charge is -2.16. The molecule has 3 nitrogen and oxygen atoms in total. The van der Waals surface area contributed by atoms with Crippen LogP contribution in [0.25, 0.3) is 0 Å². The lowest BCUT2D eigenvalue weighted by atomic mass is 10.1. The highest BCUT2D eigenvalue weighted by atomic mass is 35.5. The van der Waals surface area contributed by atoms with Gasteiger partial charge in [-0.05, 0) is 38.5 Å². The summed E-state index contributed by atoms with van der Waals surface area (Å²) in [6, 6.07) is 2.12. The SMILES string of the molecule is Cc1nc(C)c(C(=O)NC(C)c2cc(F)c(Cl)cc2Cl)s1. The van der Waals surface area contributed by atoms with Crippen LogP contribution in [0.2, 0.25) is 10.0 Å². The summed E-state index contributed by atoms with van der Waals surface area (Å²) < 4.78 is 13.5. The van der Waals surface area contributed by atoms with E-state index >= 15 is 0 Å². The number of thiazole rings is 1. The van der Waals surface area contributed by atoms with Gasteiger partial charge in [-0.3, -0.25) is 4.79 Å². The number of benzene rings is 1. The Morgan fingerprint density at radius 1 is 1.33 bits per heavy atom. The number of hydrogen-bond donors (Lipinski definition) is 1.